The van der Waals surface area contributed by atoms with Crippen molar-refractivity contribution in [3.8, 4) is 0 Å². The molecule has 0 aliphatic rings. The van der Waals surface area contributed by atoms with E-state index in [4.69, 9.17) is 0 Å². The highest BCUT2D eigenvalue weighted by atomic mass is 32.2. The molecule has 0 saturated carbocycles. The Kier molecular flexibility index (Phi) is 6.31. The lowest BCUT2D eigenvalue weighted by molar-refractivity contribution is -0.117. The SMILES string of the molecule is CC[C@@H](C(=O)Nc1ccc(C)cc1C)N(c1ccc(C)c(C)c1)S(C)(=O)=O. The number of rotatable bonds is 6. The second-order valence-electron chi connectivity index (χ2n) is 7.06. The molecule has 2 rings (SSSR count). The largest absolute Gasteiger partial charge is 0.324 e. The molecule has 0 heterocycles. The van der Waals surface area contributed by atoms with Crippen LogP contribution in [0, 0.1) is 27.7 Å². The highest BCUT2D eigenvalue weighted by Gasteiger charge is 2.31. The number of nitrogens with one attached hydrogen (secondary N) is 1. The summed E-state index contributed by atoms with van der Waals surface area (Å²) in [5.41, 5.74) is 5.28. The van der Waals surface area contributed by atoms with Crippen molar-refractivity contribution >= 4 is 27.3 Å². The average Bonchev–Trinajstić information content (AvgIpc) is 2.56. The summed E-state index contributed by atoms with van der Waals surface area (Å²) in [6.45, 7) is 9.61. The molecule has 0 aliphatic heterocycles. The van der Waals surface area contributed by atoms with E-state index in [0.29, 0.717) is 17.8 Å². The fourth-order valence-electron chi connectivity index (χ4n) is 3.09. The Morgan fingerprint density at radius 3 is 2.19 bits per heavy atom. The summed E-state index contributed by atoms with van der Waals surface area (Å²) in [5, 5.41) is 2.89. The summed E-state index contributed by atoms with van der Waals surface area (Å²) in [6, 6.07) is 10.3. The zero-order chi connectivity index (χ0) is 20.4. The van der Waals surface area contributed by atoms with E-state index in [0.717, 1.165) is 28.5 Å². The standard InChI is InChI=1S/C21H28N2O3S/c1-7-20(21(24)22-19-11-8-14(2)12-17(19)5)23(27(6,25)26)18-10-9-15(3)16(4)13-18/h8-13,20H,7H2,1-6H3,(H,22,24)/t20-/m0/s1. The van der Waals surface area contributed by atoms with Gasteiger partial charge in [-0.1, -0.05) is 30.7 Å². The maximum atomic E-state index is 13.0. The van der Waals surface area contributed by atoms with E-state index in [9.17, 15) is 13.2 Å². The number of benzene rings is 2. The molecule has 146 valence electrons. The molecule has 0 spiro atoms. The van der Waals surface area contributed by atoms with Crippen LogP contribution in [0.1, 0.15) is 35.6 Å². The fourth-order valence-corrected chi connectivity index (χ4v) is 4.30. The molecule has 1 amide bonds. The molecule has 0 fully saturated rings. The first kappa shape index (κ1) is 21.0. The van der Waals surface area contributed by atoms with Crippen LogP contribution >= 0.6 is 0 Å². The number of sulfonamides is 1. The van der Waals surface area contributed by atoms with Crippen LogP contribution in [0.2, 0.25) is 0 Å². The Labute approximate surface area is 162 Å². The highest BCUT2D eigenvalue weighted by Crippen LogP contribution is 2.26. The van der Waals surface area contributed by atoms with Crippen molar-refractivity contribution in [2.75, 3.05) is 15.9 Å². The van der Waals surface area contributed by atoms with E-state index in [1.54, 1.807) is 6.07 Å². The zero-order valence-corrected chi connectivity index (χ0v) is 17.6. The van der Waals surface area contributed by atoms with E-state index >= 15 is 0 Å². The van der Waals surface area contributed by atoms with Gasteiger partial charge in [-0.25, -0.2) is 8.42 Å². The van der Waals surface area contributed by atoms with Crippen LogP contribution in [0.3, 0.4) is 0 Å². The molecular weight excluding hydrogens is 360 g/mol. The molecule has 0 saturated heterocycles. The number of hydrogen-bond acceptors (Lipinski definition) is 3. The smallest absolute Gasteiger partial charge is 0.248 e. The Balaban J connectivity index is 2.42. The molecule has 6 heteroatoms. The molecule has 2 aromatic carbocycles. The Hall–Kier alpha value is -2.34. The third-order valence-corrected chi connectivity index (χ3v) is 5.89. The van der Waals surface area contributed by atoms with Crippen LogP contribution in [0.25, 0.3) is 0 Å². The normalized spacial score (nSPS) is 12.5. The van der Waals surface area contributed by atoms with Gasteiger partial charge in [-0.05, 0) is 69.0 Å². The maximum Gasteiger partial charge on any atom is 0.248 e. The van der Waals surface area contributed by atoms with Gasteiger partial charge >= 0.3 is 0 Å². The van der Waals surface area contributed by atoms with E-state index < -0.39 is 16.1 Å². The molecule has 2 aromatic rings. The predicted octanol–water partition coefficient (Wildman–Crippen LogP) is 4.10. The summed E-state index contributed by atoms with van der Waals surface area (Å²) in [5.74, 6) is -0.340. The number of anilines is 2. The molecule has 1 atom stereocenters. The number of hydrogen-bond donors (Lipinski definition) is 1. The van der Waals surface area contributed by atoms with Crippen LogP contribution in [0.4, 0.5) is 11.4 Å². The maximum absolute atomic E-state index is 13.0. The van der Waals surface area contributed by atoms with Crippen molar-refractivity contribution in [2.24, 2.45) is 0 Å². The Morgan fingerprint density at radius 1 is 1.00 bits per heavy atom. The average molecular weight is 389 g/mol. The summed E-state index contributed by atoms with van der Waals surface area (Å²) < 4.78 is 26.3. The van der Waals surface area contributed by atoms with E-state index in [-0.39, 0.29) is 5.91 Å². The first-order valence-electron chi connectivity index (χ1n) is 8.99. The van der Waals surface area contributed by atoms with E-state index in [2.05, 4.69) is 5.32 Å². The van der Waals surface area contributed by atoms with Gasteiger partial charge in [-0.2, -0.15) is 0 Å². The summed E-state index contributed by atoms with van der Waals surface area (Å²) in [7, 11) is -3.64. The molecule has 1 N–H and O–H groups in total. The lowest BCUT2D eigenvalue weighted by atomic mass is 10.1. The van der Waals surface area contributed by atoms with Gasteiger partial charge < -0.3 is 5.32 Å². The molecule has 0 aromatic heterocycles. The van der Waals surface area contributed by atoms with Crippen LogP contribution in [-0.2, 0) is 14.8 Å². The highest BCUT2D eigenvalue weighted by molar-refractivity contribution is 7.92. The Morgan fingerprint density at radius 2 is 1.67 bits per heavy atom. The van der Waals surface area contributed by atoms with Gasteiger partial charge in [0.15, 0.2) is 0 Å². The number of carbonyl (C=O) groups excluding carboxylic acids is 1. The van der Waals surface area contributed by atoms with Gasteiger partial charge in [0.25, 0.3) is 0 Å². The Bertz CT molecular complexity index is 952. The monoisotopic (exact) mass is 388 g/mol. The van der Waals surface area contributed by atoms with Gasteiger partial charge in [0.2, 0.25) is 15.9 Å². The molecular formula is C21H28N2O3S. The first-order valence-corrected chi connectivity index (χ1v) is 10.8. The van der Waals surface area contributed by atoms with Gasteiger partial charge in [0, 0.05) is 5.69 Å². The number of amides is 1. The van der Waals surface area contributed by atoms with Gasteiger partial charge in [-0.15, -0.1) is 0 Å². The number of carbonyl (C=O) groups is 1. The van der Waals surface area contributed by atoms with Crippen LogP contribution in [0.5, 0.6) is 0 Å². The topological polar surface area (TPSA) is 66.5 Å². The first-order chi connectivity index (χ1) is 12.5. The lowest BCUT2D eigenvalue weighted by Crippen LogP contribution is -2.47. The van der Waals surface area contributed by atoms with Crippen LogP contribution in [-0.4, -0.2) is 26.6 Å². The van der Waals surface area contributed by atoms with Crippen LogP contribution in [0.15, 0.2) is 36.4 Å². The number of nitrogens with zero attached hydrogens (tertiary/aromatic N) is 1. The van der Waals surface area contributed by atoms with Crippen molar-refractivity contribution < 1.29 is 13.2 Å². The second-order valence-corrected chi connectivity index (χ2v) is 8.92. The summed E-state index contributed by atoms with van der Waals surface area (Å²) >= 11 is 0. The molecule has 27 heavy (non-hydrogen) atoms. The summed E-state index contributed by atoms with van der Waals surface area (Å²) in [6.07, 6.45) is 1.49. The fraction of sp³-hybridized carbons (Fsp3) is 0.381. The van der Waals surface area contributed by atoms with Gasteiger partial charge in [0.05, 0.1) is 11.9 Å². The van der Waals surface area contributed by atoms with Crippen molar-refractivity contribution in [2.45, 2.75) is 47.1 Å². The minimum atomic E-state index is -3.64. The minimum Gasteiger partial charge on any atom is -0.324 e. The van der Waals surface area contributed by atoms with E-state index in [1.165, 1.54) is 4.31 Å². The minimum absolute atomic E-state index is 0.340. The molecule has 0 unspecified atom stereocenters. The van der Waals surface area contributed by atoms with Crippen molar-refractivity contribution in [1.82, 2.24) is 0 Å². The third kappa shape index (κ3) is 4.89. The number of aryl methyl sites for hydroxylation is 4. The molecule has 5 nitrogen and oxygen atoms in total. The van der Waals surface area contributed by atoms with Crippen molar-refractivity contribution in [1.29, 1.82) is 0 Å². The predicted molar refractivity (Wildman–Crippen MR) is 112 cm³/mol. The van der Waals surface area contributed by atoms with Crippen LogP contribution < -0.4 is 9.62 Å². The summed E-state index contributed by atoms with van der Waals surface area (Å²) in [4.78, 5) is 13.0. The molecule has 0 bridgehead atoms. The quantitative estimate of drug-likeness (QED) is 0.810. The van der Waals surface area contributed by atoms with Gasteiger partial charge in [0.1, 0.15) is 6.04 Å². The van der Waals surface area contributed by atoms with E-state index in [1.807, 2.05) is 65.0 Å². The van der Waals surface area contributed by atoms with Crippen molar-refractivity contribution in [3.05, 3.63) is 58.7 Å². The molecule has 0 aliphatic carbocycles. The zero-order valence-electron chi connectivity index (χ0n) is 16.8. The third-order valence-electron chi connectivity index (χ3n) is 4.71. The molecule has 0 radical (unpaired) electrons. The second kappa shape index (κ2) is 8.13. The van der Waals surface area contributed by atoms with Gasteiger partial charge in [-0.3, -0.25) is 9.10 Å². The lowest BCUT2D eigenvalue weighted by Gasteiger charge is -2.30. The van der Waals surface area contributed by atoms with Crippen molar-refractivity contribution in [3.63, 3.8) is 0 Å².